The molecule has 1 heterocycles. The number of benzene rings is 2. The fourth-order valence-electron chi connectivity index (χ4n) is 4.63. The Morgan fingerprint density at radius 2 is 1.24 bits per heavy atom. The lowest BCUT2D eigenvalue weighted by Crippen LogP contribution is -3.00. The zero-order valence-electron chi connectivity index (χ0n) is 19.1. The van der Waals surface area contributed by atoms with Crippen molar-refractivity contribution in [3.8, 4) is 0 Å². The fourth-order valence-corrected chi connectivity index (χ4v) is 4.63. The normalized spacial score (nSPS) is 12.9. The Balaban J connectivity index is 0.00000306. The molecule has 0 amide bonds. The summed E-state index contributed by atoms with van der Waals surface area (Å²) in [6, 6.07) is 20.0. The zero-order valence-corrected chi connectivity index (χ0v) is 20.7. The smallest absolute Gasteiger partial charge is 0.212 e. The molecule has 0 bridgehead atoms. The van der Waals surface area contributed by atoms with Crippen LogP contribution in [0, 0.1) is 0 Å². The minimum Gasteiger partial charge on any atom is -1.00 e. The van der Waals surface area contributed by atoms with E-state index in [1.807, 2.05) is 12.1 Å². The van der Waals surface area contributed by atoms with E-state index >= 15 is 0 Å². The van der Waals surface area contributed by atoms with E-state index in [0.717, 1.165) is 19.4 Å². The molecule has 2 aromatic carbocycles. The number of nitrogens with zero attached hydrogens (tertiary/aromatic N) is 1. The summed E-state index contributed by atoms with van der Waals surface area (Å²) in [5.74, 6) is 0.00104. The van der Waals surface area contributed by atoms with Crippen LogP contribution in [0.25, 0.3) is 10.9 Å². The first kappa shape index (κ1) is 25.0. The molecule has 1 aliphatic rings. The molecule has 172 valence electrons. The van der Waals surface area contributed by atoms with E-state index in [-0.39, 0.29) is 28.5 Å². The molecular weight excluding hydrogens is 474 g/mol. The van der Waals surface area contributed by atoms with Gasteiger partial charge in [-0.1, -0.05) is 68.5 Å². The van der Waals surface area contributed by atoms with Gasteiger partial charge in [0.05, 0.1) is 0 Å². The van der Waals surface area contributed by atoms with Gasteiger partial charge >= 0.3 is 0 Å². The van der Waals surface area contributed by atoms with Crippen molar-refractivity contribution in [2.75, 3.05) is 0 Å². The van der Waals surface area contributed by atoms with Gasteiger partial charge < -0.3 is 17.0 Å². The third-order valence-corrected chi connectivity index (χ3v) is 6.42. The molecule has 3 aromatic rings. The molecule has 0 saturated heterocycles. The molecule has 0 aliphatic heterocycles. The minimum absolute atomic E-state index is 0. The molecule has 1 aromatic heterocycles. The summed E-state index contributed by atoms with van der Waals surface area (Å²) in [4.78, 5) is 24.8. The van der Waals surface area contributed by atoms with Gasteiger partial charge in [0.25, 0.3) is 0 Å². The average molecular weight is 506 g/mol. The maximum absolute atomic E-state index is 12.6. The Kier molecular flexibility index (Phi) is 9.56. The van der Waals surface area contributed by atoms with Crippen LogP contribution in [-0.4, -0.2) is 11.6 Å². The van der Waals surface area contributed by atoms with Crippen molar-refractivity contribution >= 4 is 22.5 Å². The van der Waals surface area contributed by atoms with Crippen molar-refractivity contribution in [2.24, 2.45) is 0 Å². The fraction of sp³-hybridized carbons (Fsp3) is 0.345. The number of rotatable bonds is 11. The maximum Gasteiger partial charge on any atom is 0.212 e. The third-order valence-electron chi connectivity index (χ3n) is 6.42. The summed E-state index contributed by atoms with van der Waals surface area (Å²) in [5, 5.41) is 1.30. The quantitative estimate of drug-likeness (QED) is 0.294. The topological polar surface area (TPSA) is 38.0 Å². The zero-order chi connectivity index (χ0) is 22.2. The van der Waals surface area contributed by atoms with E-state index in [1.54, 1.807) is 18.2 Å². The number of carbonyl (C=O) groups is 2. The number of ketones is 2. The van der Waals surface area contributed by atoms with Crippen molar-refractivity contribution in [2.45, 2.75) is 64.3 Å². The molecule has 0 radical (unpaired) electrons. The van der Waals surface area contributed by atoms with Gasteiger partial charge in [-0.15, -0.1) is 0 Å². The Labute approximate surface area is 207 Å². The predicted octanol–water partition coefficient (Wildman–Crippen LogP) is 3.65. The van der Waals surface area contributed by atoms with E-state index < -0.39 is 0 Å². The first-order valence-corrected chi connectivity index (χ1v) is 12.0. The van der Waals surface area contributed by atoms with Gasteiger partial charge in [-0.3, -0.25) is 9.59 Å². The lowest BCUT2D eigenvalue weighted by Gasteiger charge is -2.14. The maximum atomic E-state index is 12.6. The van der Waals surface area contributed by atoms with Crippen LogP contribution in [0.3, 0.4) is 0 Å². The largest absolute Gasteiger partial charge is 1.00 e. The summed E-state index contributed by atoms with van der Waals surface area (Å²) in [5.41, 5.74) is 3.10. The second-order valence-corrected chi connectivity index (χ2v) is 8.75. The molecular formula is C29H32BrNO2. The molecule has 0 atom stereocenters. The monoisotopic (exact) mass is 505 g/mol. The highest BCUT2D eigenvalue weighted by molar-refractivity contribution is 6.24. The van der Waals surface area contributed by atoms with E-state index in [0.29, 0.717) is 23.1 Å². The van der Waals surface area contributed by atoms with Gasteiger partial charge in [-0.05, 0) is 37.5 Å². The van der Waals surface area contributed by atoms with Crippen LogP contribution in [0.2, 0.25) is 0 Å². The summed E-state index contributed by atoms with van der Waals surface area (Å²) in [6.07, 6.45) is 14.0. The molecule has 1 aliphatic carbocycles. The number of unbranched alkanes of at least 4 members (excludes halogenated alkanes) is 7. The molecule has 4 heteroatoms. The van der Waals surface area contributed by atoms with Crippen molar-refractivity contribution in [1.29, 1.82) is 0 Å². The highest BCUT2D eigenvalue weighted by atomic mass is 79.9. The number of pyridine rings is 1. The van der Waals surface area contributed by atoms with Gasteiger partial charge in [-0.25, -0.2) is 0 Å². The highest BCUT2D eigenvalue weighted by Crippen LogP contribution is 2.24. The molecule has 0 fully saturated rings. The van der Waals surface area contributed by atoms with Gasteiger partial charge in [0.2, 0.25) is 5.52 Å². The van der Waals surface area contributed by atoms with Crippen molar-refractivity contribution < 1.29 is 31.1 Å². The van der Waals surface area contributed by atoms with Crippen LogP contribution in [-0.2, 0) is 6.54 Å². The molecule has 0 saturated carbocycles. The first-order valence-electron chi connectivity index (χ1n) is 12.0. The van der Waals surface area contributed by atoms with Gasteiger partial charge in [0.1, 0.15) is 6.54 Å². The minimum atomic E-state index is -0.0307. The number of hydrogen-bond donors (Lipinski definition) is 0. The molecule has 0 unspecified atom stereocenters. The van der Waals surface area contributed by atoms with Crippen molar-refractivity contribution in [3.63, 3.8) is 0 Å². The van der Waals surface area contributed by atoms with Crippen LogP contribution < -0.4 is 21.5 Å². The number of hydrogen-bond acceptors (Lipinski definition) is 2. The number of Topliss-reactive ketones (excluding diaryl/α,β-unsaturated/α-hetero) is 1. The van der Waals surface area contributed by atoms with E-state index in [4.69, 9.17) is 0 Å². The van der Waals surface area contributed by atoms with Gasteiger partial charge in [0.15, 0.2) is 17.8 Å². The number of aryl methyl sites for hydroxylation is 1. The Bertz CT molecular complexity index is 1130. The first-order chi connectivity index (χ1) is 15.7. The lowest BCUT2D eigenvalue weighted by atomic mass is 9.87. The van der Waals surface area contributed by atoms with E-state index in [2.05, 4.69) is 47.2 Å². The predicted molar refractivity (Wildman–Crippen MR) is 129 cm³/mol. The van der Waals surface area contributed by atoms with Crippen LogP contribution in [0.1, 0.15) is 78.5 Å². The van der Waals surface area contributed by atoms with Crippen LogP contribution in [0.15, 0.2) is 78.5 Å². The second kappa shape index (κ2) is 12.6. The standard InChI is InChI=1S/C29H32NO2.BrH/c31-28-22-24(29(32)26-18-10-9-17-25(26)28)15-7-5-3-1-2-4-6-12-20-30-21-13-16-23-14-8-11-19-27(23)30;/h8-11,13-14,16-19,21-22H,1-7,12,15,20H2;1H/q+1;/p-1. The third kappa shape index (κ3) is 6.48. The molecule has 0 spiro atoms. The van der Waals surface area contributed by atoms with Gasteiger partial charge in [0, 0.05) is 40.6 Å². The average Bonchev–Trinajstić information content (AvgIpc) is 2.83. The Hall–Kier alpha value is -2.59. The summed E-state index contributed by atoms with van der Waals surface area (Å²) < 4.78 is 2.36. The summed E-state index contributed by atoms with van der Waals surface area (Å²) >= 11 is 0. The Morgan fingerprint density at radius 3 is 2.03 bits per heavy atom. The van der Waals surface area contributed by atoms with Crippen LogP contribution in [0.4, 0.5) is 0 Å². The van der Waals surface area contributed by atoms with Gasteiger partial charge in [-0.2, -0.15) is 4.57 Å². The van der Waals surface area contributed by atoms with E-state index in [1.165, 1.54) is 49.4 Å². The second-order valence-electron chi connectivity index (χ2n) is 8.75. The number of fused-ring (bicyclic) bond motifs is 2. The lowest BCUT2D eigenvalue weighted by molar-refractivity contribution is -0.671. The number of halogens is 1. The number of carbonyl (C=O) groups excluding carboxylic acids is 2. The van der Waals surface area contributed by atoms with Crippen molar-refractivity contribution in [1.82, 2.24) is 0 Å². The SMILES string of the molecule is O=C1C=C(CCCCCCCCCC[n+]2cccc3ccccc32)C(=O)c2ccccc21.[Br-]. The van der Waals surface area contributed by atoms with Crippen LogP contribution >= 0.6 is 0 Å². The highest BCUT2D eigenvalue weighted by Gasteiger charge is 2.24. The van der Waals surface area contributed by atoms with Crippen LogP contribution in [0.5, 0.6) is 0 Å². The number of para-hydroxylation sites is 1. The van der Waals surface area contributed by atoms with E-state index in [9.17, 15) is 9.59 Å². The van der Waals surface area contributed by atoms with Crippen molar-refractivity contribution in [3.05, 3.63) is 89.6 Å². The molecule has 0 N–H and O–H groups in total. The number of aromatic nitrogens is 1. The summed E-state index contributed by atoms with van der Waals surface area (Å²) in [6.45, 7) is 1.08. The Morgan fingerprint density at radius 1 is 0.636 bits per heavy atom. The molecule has 3 nitrogen and oxygen atoms in total. The molecule has 4 rings (SSSR count). The molecule has 33 heavy (non-hydrogen) atoms. The summed E-state index contributed by atoms with van der Waals surface area (Å²) in [7, 11) is 0. The number of allylic oxidation sites excluding steroid dienone is 2.